The number of nitrogens with two attached hydrogens (primary N) is 1. The number of fused-ring (bicyclic) bond motifs is 1. The van der Waals surface area contributed by atoms with Crippen molar-refractivity contribution >= 4 is 22.7 Å². The van der Waals surface area contributed by atoms with Crippen LogP contribution in [0.3, 0.4) is 0 Å². The molecule has 2 aliphatic carbocycles. The van der Waals surface area contributed by atoms with Crippen LogP contribution in [-0.2, 0) is 9.47 Å². The molecule has 0 spiro atoms. The molecule has 7 nitrogen and oxygen atoms in total. The van der Waals surface area contributed by atoms with Crippen LogP contribution in [0.4, 0.5) is 10.5 Å². The number of nitrogens with one attached hydrogen (secondary N) is 1. The lowest BCUT2D eigenvalue weighted by atomic mass is 9.92. The van der Waals surface area contributed by atoms with Crippen LogP contribution >= 0.6 is 0 Å². The number of carbonyl (C=O) groups is 1. The highest BCUT2D eigenvalue weighted by Gasteiger charge is 2.31. The number of ether oxygens (including phenoxy) is 3. The number of carbonyl (C=O) groups excluding carboxylic acids is 1. The third-order valence-electron chi connectivity index (χ3n) is 8.07. The summed E-state index contributed by atoms with van der Waals surface area (Å²) >= 11 is 0. The number of amides is 1. The maximum Gasteiger partial charge on any atom is 0.411 e. The van der Waals surface area contributed by atoms with Crippen molar-refractivity contribution in [2.75, 3.05) is 18.5 Å². The number of aromatic nitrogens is 1. The Labute approximate surface area is 223 Å². The Hall–Kier alpha value is -3.63. The minimum Gasteiger partial charge on any atom is -0.490 e. The van der Waals surface area contributed by atoms with Gasteiger partial charge < -0.3 is 24.5 Å². The summed E-state index contributed by atoms with van der Waals surface area (Å²) in [5, 5.41) is 3.94. The van der Waals surface area contributed by atoms with E-state index in [0.29, 0.717) is 17.6 Å². The molecule has 7 heteroatoms. The van der Waals surface area contributed by atoms with Gasteiger partial charge in [0.1, 0.15) is 18.0 Å². The van der Waals surface area contributed by atoms with Crippen LogP contribution in [0.1, 0.15) is 63.5 Å². The maximum absolute atomic E-state index is 12.3. The van der Waals surface area contributed by atoms with E-state index in [1.165, 1.54) is 6.42 Å². The number of benzene rings is 2. The molecule has 38 heavy (non-hydrogen) atoms. The molecule has 1 saturated heterocycles. The van der Waals surface area contributed by atoms with Gasteiger partial charge in [0.2, 0.25) is 0 Å². The normalized spacial score (nSPS) is 18.8. The van der Waals surface area contributed by atoms with Crippen LogP contribution in [0.25, 0.3) is 22.2 Å². The molecule has 3 fully saturated rings. The Morgan fingerprint density at radius 2 is 1.84 bits per heavy atom. The van der Waals surface area contributed by atoms with Crippen LogP contribution in [0.2, 0.25) is 0 Å². The molecule has 1 unspecified atom stereocenters. The van der Waals surface area contributed by atoms with Gasteiger partial charge in [-0.2, -0.15) is 0 Å². The Bertz CT molecular complexity index is 1370. The quantitative estimate of drug-likeness (QED) is 0.290. The van der Waals surface area contributed by atoms with Crippen LogP contribution in [0, 0.1) is 17.9 Å². The van der Waals surface area contributed by atoms with Gasteiger partial charge in [0.15, 0.2) is 0 Å². The van der Waals surface area contributed by atoms with E-state index in [9.17, 15) is 4.79 Å². The van der Waals surface area contributed by atoms with Crippen LogP contribution in [0.15, 0.2) is 42.5 Å². The third-order valence-corrected chi connectivity index (χ3v) is 8.07. The van der Waals surface area contributed by atoms with Crippen molar-refractivity contribution in [2.24, 2.45) is 11.7 Å². The predicted octanol–water partition coefficient (Wildman–Crippen LogP) is 6.21. The molecule has 3 N–H and O–H groups in total. The minimum atomic E-state index is -0.410. The van der Waals surface area contributed by atoms with Crippen molar-refractivity contribution in [3.63, 3.8) is 0 Å². The first-order chi connectivity index (χ1) is 18.6. The molecular weight excluding hydrogens is 478 g/mol. The number of hydrogen-bond acceptors (Lipinski definition) is 5. The highest BCUT2D eigenvalue weighted by molar-refractivity contribution is 5.96. The molecule has 2 heterocycles. The molecule has 0 bridgehead atoms. The summed E-state index contributed by atoms with van der Waals surface area (Å²) in [5.41, 5.74) is 10.6. The number of nitrogens with zero attached hydrogens (tertiary/aromatic N) is 1. The average Bonchev–Trinajstić information content (AvgIpc) is 3.70. The van der Waals surface area contributed by atoms with E-state index in [1.54, 1.807) is 0 Å². The van der Waals surface area contributed by atoms with E-state index < -0.39 is 6.09 Å². The number of anilines is 1. The summed E-state index contributed by atoms with van der Waals surface area (Å²) < 4.78 is 19.8. The monoisotopic (exact) mass is 513 g/mol. The van der Waals surface area contributed by atoms with Crippen molar-refractivity contribution < 1.29 is 19.0 Å². The van der Waals surface area contributed by atoms with Crippen molar-refractivity contribution in [1.82, 2.24) is 4.57 Å². The standard InChI is InChI=1S/C31H35N3O4/c1-20(21-5-6-21)37-31(35)33-23-9-7-22(8-10-23)30-28(13-16-32)27-12-11-26(38-25-14-17-36-18-15-25)19-29(27)34(30)24-3-2-4-24/h7-12,19-21,24-25H,2-6,14-15,17-18,32H2,1H3,(H,33,35). The van der Waals surface area contributed by atoms with E-state index in [0.717, 1.165) is 85.2 Å². The fraction of sp³-hybridized carbons (Fsp3) is 0.452. The van der Waals surface area contributed by atoms with Gasteiger partial charge in [0.25, 0.3) is 0 Å². The van der Waals surface area contributed by atoms with Gasteiger partial charge in [-0.25, -0.2) is 4.79 Å². The zero-order valence-electron chi connectivity index (χ0n) is 21.9. The lowest BCUT2D eigenvalue weighted by Crippen LogP contribution is -2.25. The highest BCUT2D eigenvalue weighted by Crippen LogP contribution is 2.43. The van der Waals surface area contributed by atoms with Crippen LogP contribution < -0.4 is 15.8 Å². The molecule has 1 amide bonds. The zero-order chi connectivity index (χ0) is 26.1. The van der Waals surface area contributed by atoms with Gasteiger partial charge in [-0.1, -0.05) is 12.1 Å². The molecular formula is C31H35N3O4. The Morgan fingerprint density at radius 1 is 1.08 bits per heavy atom. The SMILES string of the molecule is CC(OC(=O)Nc1ccc(-c2c(C#CN)c3ccc(OC4CCOCC4)cc3n2C2CCC2)cc1)C1CC1. The predicted molar refractivity (Wildman–Crippen MR) is 148 cm³/mol. The second-order valence-electron chi connectivity index (χ2n) is 10.7. The van der Waals surface area contributed by atoms with E-state index in [4.69, 9.17) is 19.9 Å². The van der Waals surface area contributed by atoms with Crippen LogP contribution in [0.5, 0.6) is 5.75 Å². The molecule has 0 radical (unpaired) electrons. The van der Waals surface area contributed by atoms with Crippen molar-refractivity contribution in [2.45, 2.75) is 70.1 Å². The van der Waals surface area contributed by atoms with Crippen molar-refractivity contribution in [3.05, 3.63) is 48.0 Å². The molecule has 198 valence electrons. The molecule has 1 atom stereocenters. The lowest BCUT2D eigenvalue weighted by molar-refractivity contribution is 0.0256. The summed E-state index contributed by atoms with van der Waals surface area (Å²) in [6, 6.07) is 17.2. The molecule has 1 aliphatic heterocycles. The van der Waals surface area contributed by atoms with Crippen molar-refractivity contribution in [3.8, 4) is 29.0 Å². The maximum atomic E-state index is 12.3. The Balaban J connectivity index is 1.33. The minimum absolute atomic E-state index is 0.0508. The summed E-state index contributed by atoms with van der Waals surface area (Å²) in [6.07, 6.45) is 7.26. The largest absolute Gasteiger partial charge is 0.490 e. The summed E-state index contributed by atoms with van der Waals surface area (Å²) in [5.74, 6) is 4.56. The second-order valence-corrected chi connectivity index (χ2v) is 10.7. The highest BCUT2D eigenvalue weighted by atomic mass is 16.6. The first-order valence-electron chi connectivity index (χ1n) is 13.8. The number of hydrogen-bond donors (Lipinski definition) is 2. The van der Waals surface area contributed by atoms with E-state index in [-0.39, 0.29) is 12.2 Å². The summed E-state index contributed by atoms with van der Waals surface area (Å²) in [6.45, 7) is 3.45. The third kappa shape index (κ3) is 5.06. The molecule has 2 aromatic carbocycles. The molecule has 6 rings (SSSR count). The molecule has 3 aromatic rings. The van der Waals surface area contributed by atoms with Crippen LogP contribution in [-0.4, -0.2) is 36.1 Å². The smallest absolute Gasteiger partial charge is 0.411 e. The van der Waals surface area contributed by atoms with E-state index >= 15 is 0 Å². The summed E-state index contributed by atoms with van der Waals surface area (Å²) in [7, 11) is 0. The van der Waals surface area contributed by atoms with E-state index in [1.807, 2.05) is 37.3 Å². The first kappa shape index (κ1) is 24.7. The molecule has 1 aromatic heterocycles. The average molecular weight is 514 g/mol. The van der Waals surface area contributed by atoms with Crippen molar-refractivity contribution in [1.29, 1.82) is 0 Å². The fourth-order valence-corrected chi connectivity index (χ4v) is 5.55. The Morgan fingerprint density at radius 3 is 2.50 bits per heavy atom. The summed E-state index contributed by atoms with van der Waals surface area (Å²) in [4.78, 5) is 12.3. The van der Waals surface area contributed by atoms with Gasteiger partial charge in [0.05, 0.1) is 30.0 Å². The lowest BCUT2D eigenvalue weighted by Gasteiger charge is -2.30. The first-order valence-corrected chi connectivity index (χ1v) is 13.8. The Kier molecular flexibility index (Phi) is 6.90. The van der Waals surface area contributed by atoms with Gasteiger partial charge >= 0.3 is 6.09 Å². The van der Waals surface area contributed by atoms with Gasteiger partial charge in [-0.3, -0.25) is 5.32 Å². The molecule has 3 aliphatic rings. The van der Waals surface area contributed by atoms with Gasteiger partial charge in [-0.15, -0.1) is 0 Å². The second kappa shape index (κ2) is 10.6. The van der Waals surface area contributed by atoms with Gasteiger partial charge in [-0.05, 0) is 80.7 Å². The zero-order valence-corrected chi connectivity index (χ0v) is 21.9. The topological polar surface area (TPSA) is 87.7 Å². The van der Waals surface area contributed by atoms with E-state index in [2.05, 4.69) is 34.0 Å². The fourth-order valence-electron chi connectivity index (χ4n) is 5.55. The molecule has 2 saturated carbocycles. The number of rotatable bonds is 7. The van der Waals surface area contributed by atoms with Gasteiger partial charge in [0, 0.05) is 42.1 Å².